The highest BCUT2D eigenvalue weighted by Gasteiger charge is 2.44. The number of anilines is 1. The minimum absolute atomic E-state index is 0.00300. The predicted molar refractivity (Wildman–Crippen MR) is 135 cm³/mol. The molecule has 8 nitrogen and oxygen atoms in total. The van der Waals surface area contributed by atoms with E-state index >= 15 is 0 Å². The number of aromatic nitrogens is 2. The zero-order valence-corrected chi connectivity index (χ0v) is 21.2. The minimum Gasteiger partial charge on any atom is -0.372 e. The largest absolute Gasteiger partial charge is 0.417 e. The van der Waals surface area contributed by atoms with Gasteiger partial charge in [-0.25, -0.2) is 4.98 Å². The smallest absolute Gasteiger partial charge is 0.372 e. The summed E-state index contributed by atoms with van der Waals surface area (Å²) >= 11 is 0. The Morgan fingerprint density at radius 1 is 1.15 bits per heavy atom. The van der Waals surface area contributed by atoms with Crippen molar-refractivity contribution in [3.05, 3.63) is 65.0 Å². The molecule has 3 aromatic rings. The van der Waals surface area contributed by atoms with Crippen LogP contribution in [0.1, 0.15) is 65.3 Å². The van der Waals surface area contributed by atoms with Crippen molar-refractivity contribution in [1.29, 1.82) is 0 Å². The van der Waals surface area contributed by atoms with Crippen LogP contribution in [-0.4, -0.2) is 47.4 Å². The molecule has 4 heterocycles. The first-order valence-corrected chi connectivity index (χ1v) is 13.1. The van der Waals surface area contributed by atoms with E-state index < -0.39 is 17.6 Å². The molecule has 1 atom stereocenters. The molecular weight excluding hydrogens is 513 g/mol. The molecule has 2 N–H and O–H groups in total. The fourth-order valence-electron chi connectivity index (χ4n) is 5.60. The predicted octanol–water partition coefficient (Wildman–Crippen LogP) is 5.08. The number of benzene rings is 1. The number of pyridine rings is 1. The van der Waals surface area contributed by atoms with Crippen LogP contribution >= 0.6 is 0 Å². The quantitative estimate of drug-likeness (QED) is 0.444. The first-order valence-electron chi connectivity index (χ1n) is 13.1. The lowest BCUT2D eigenvalue weighted by Gasteiger charge is -2.39. The number of hydrogen-bond acceptors (Lipinski definition) is 7. The molecule has 11 heteroatoms. The first-order chi connectivity index (χ1) is 18.7. The SMILES string of the molecule is NC(=O)c1ccc(N2CCC3(CC2)CC(OCc2c(-c4ccccc4C(F)(F)F)noc2C2CC2)CO3)nc1. The minimum atomic E-state index is -4.51. The summed E-state index contributed by atoms with van der Waals surface area (Å²) < 4.78 is 59.3. The fraction of sp³-hybridized carbons (Fsp3) is 0.464. The van der Waals surface area contributed by atoms with Crippen molar-refractivity contribution >= 4 is 11.7 Å². The normalized spacial score (nSPS) is 21.0. The van der Waals surface area contributed by atoms with E-state index in [0.29, 0.717) is 29.9 Å². The average molecular weight is 543 g/mol. The molecule has 1 spiro atoms. The molecule has 2 saturated heterocycles. The van der Waals surface area contributed by atoms with Gasteiger partial charge in [-0.3, -0.25) is 4.79 Å². The zero-order valence-electron chi connectivity index (χ0n) is 21.2. The monoisotopic (exact) mass is 542 g/mol. The lowest BCUT2D eigenvalue weighted by Crippen LogP contribution is -2.44. The summed E-state index contributed by atoms with van der Waals surface area (Å²) in [6, 6.07) is 8.91. The third-order valence-corrected chi connectivity index (χ3v) is 7.92. The van der Waals surface area contributed by atoms with Crippen LogP contribution in [0.2, 0.25) is 0 Å². The van der Waals surface area contributed by atoms with Crippen LogP contribution in [0.4, 0.5) is 19.0 Å². The van der Waals surface area contributed by atoms with Gasteiger partial charge in [-0.05, 0) is 43.9 Å². The van der Waals surface area contributed by atoms with Crippen molar-refractivity contribution in [2.24, 2.45) is 5.73 Å². The van der Waals surface area contributed by atoms with Crippen LogP contribution in [0.5, 0.6) is 0 Å². The highest BCUT2D eigenvalue weighted by molar-refractivity contribution is 5.92. The summed E-state index contributed by atoms with van der Waals surface area (Å²) in [4.78, 5) is 17.8. The van der Waals surface area contributed by atoms with Crippen LogP contribution in [0.15, 0.2) is 47.1 Å². The van der Waals surface area contributed by atoms with Gasteiger partial charge in [0.05, 0.1) is 36.0 Å². The molecule has 1 aromatic carbocycles. The third-order valence-electron chi connectivity index (χ3n) is 7.92. The number of amides is 1. The van der Waals surface area contributed by atoms with E-state index in [1.807, 2.05) is 0 Å². The Balaban J connectivity index is 1.12. The van der Waals surface area contributed by atoms with Gasteiger partial charge in [-0.1, -0.05) is 23.4 Å². The second-order valence-electron chi connectivity index (χ2n) is 10.6. The van der Waals surface area contributed by atoms with Gasteiger partial charge in [0, 0.05) is 42.8 Å². The lowest BCUT2D eigenvalue weighted by molar-refractivity contribution is -0.137. The van der Waals surface area contributed by atoms with E-state index in [9.17, 15) is 18.0 Å². The summed E-state index contributed by atoms with van der Waals surface area (Å²) in [5.74, 6) is 1.07. The zero-order chi connectivity index (χ0) is 27.2. The molecule has 3 aliphatic rings. The van der Waals surface area contributed by atoms with E-state index in [4.69, 9.17) is 19.7 Å². The number of primary amides is 1. The van der Waals surface area contributed by atoms with Crippen molar-refractivity contribution in [2.75, 3.05) is 24.6 Å². The Bertz CT molecular complexity index is 1350. The molecular formula is C28H29F3N4O4. The maximum absolute atomic E-state index is 13.7. The highest BCUT2D eigenvalue weighted by Crippen LogP contribution is 2.46. The molecule has 1 amide bonds. The number of ether oxygens (including phenoxy) is 2. The Labute approximate surface area is 223 Å². The molecule has 2 aliphatic heterocycles. The van der Waals surface area contributed by atoms with E-state index in [0.717, 1.165) is 50.7 Å². The third kappa shape index (κ3) is 5.25. The van der Waals surface area contributed by atoms with E-state index in [-0.39, 0.29) is 35.5 Å². The second kappa shape index (κ2) is 9.95. The molecule has 206 valence electrons. The lowest BCUT2D eigenvalue weighted by atomic mass is 9.88. The Hall–Kier alpha value is -3.44. The molecule has 3 fully saturated rings. The number of piperidine rings is 1. The summed E-state index contributed by atoms with van der Waals surface area (Å²) in [6.45, 7) is 2.02. The van der Waals surface area contributed by atoms with E-state index in [2.05, 4.69) is 15.0 Å². The Morgan fingerprint density at radius 2 is 1.92 bits per heavy atom. The van der Waals surface area contributed by atoms with Crippen LogP contribution in [0.25, 0.3) is 11.3 Å². The van der Waals surface area contributed by atoms with Gasteiger partial charge in [0.2, 0.25) is 5.91 Å². The Morgan fingerprint density at radius 3 is 2.59 bits per heavy atom. The van der Waals surface area contributed by atoms with Crippen LogP contribution in [-0.2, 0) is 22.3 Å². The van der Waals surface area contributed by atoms with Gasteiger partial charge >= 0.3 is 6.18 Å². The van der Waals surface area contributed by atoms with Gasteiger partial charge < -0.3 is 24.6 Å². The molecule has 1 aliphatic carbocycles. The number of nitrogens with two attached hydrogens (primary N) is 1. The number of carbonyl (C=O) groups is 1. The molecule has 2 aromatic heterocycles. The molecule has 0 bridgehead atoms. The number of hydrogen-bond donors (Lipinski definition) is 1. The van der Waals surface area contributed by atoms with Crippen molar-refractivity contribution in [2.45, 2.75) is 62.5 Å². The summed E-state index contributed by atoms with van der Waals surface area (Å²) in [5.41, 5.74) is 5.41. The van der Waals surface area contributed by atoms with Crippen LogP contribution in [0, 0.1) is 0 Å². The summed E-state index contributed by atoms with van der Waals surface area (Å²) in [6.07, 6.45) is 0.926. The van der Waals surface area contributed by atoms with Crippen molar-refractivity contribution in [1.82, 2.24) is 10.1 Å². The number of carbonyl (C=O) groups excluding carboxylic acids is 1. The Kier molecular flexibility index (Phi) is 6.58. The van der Waals surface area contributed by atoms with Gasteiger partial charge in [0.15, 0.2) is 0 Å². The molecule has 39 heavy (non-hydrogen) atoms. The number of alkyl halides is 3. The van der Waals surface area contributed by atoms with Crippen molar-refractivity contribution in [3.8, 4) is 11.3 Å². The maximum Gasteiger partial charge on any atom is 0.417 e. The van der Waals surface area contributed by atoms with Gasteiger partial charge in [-0.15, -0.1) is 0 Å². The van der Waals surface area contributed by atoms with Gasteiger partial charge in [-0.2, -0.15) is 13.2 Å². The van der Waals surface area contributed by atoms with Gasteiger partial charge in [0.25, 0.3) is 0 Å². The molecule has 1 saturated carbocycles. The maximum atomic E-state index is 13.7. The second-order valence-corrected chi connectivity index (χ2v) is 10.6. The van der Waals surface area contributed by atoms with E-state index in [1.54, 1.807) is 18.2 Å². The summed E-state index contributed by atoms with van der Waals surface area (Å²) in [7, 11) is 0. The van der Waals surface area contributed by atoms with Crippen molar-refractivity contribution < 1.29 is 32.0 Å². The van der Waals surface area contributed by atoms with Crippen molar-refractivity contribution in [3.63, 3.8) is 0 Å². The highest BCUT2D eigenvalue weighted by atomic mass is 19.4. The molecule has 1 unspecified atom stereocenters. The number of halogens is 3. The van der Waals surface area contributed by atoms with Crippen LogP contribution < -0.4 is 10.6 Å². The number of rotatable bonds is 7. The molecule has 6 rings (SSSR count). The number of nitrogens with zero attached hydrogens (tertiary/aromatic N) is 3. The van der Waals surface area contributed by atoms with E-state index in [1.165, 1.54) is 18.3 Å². The summed E-state index contributed by atoms with van der Waals surface area (Å²) in [5, 5.41) is 4.08. The molecule has 0 radical (unpaired) electrons. The van der Waals surface area contributed by atoms with Crippen LogP contribution in [0.3, 0.4) is 0 Å². The first kappa shape index (κ1) is 25.8. The topological polar surface area (TPSA) is 104 Å². The average Bonchev–Trinajstić information content (AvgIpc) is 3.57. The van der Waals surface area contributed by atoms with Gasteiger partial charge in [0.1, 0.15) is 17.3 Å². The standard InChI is InChI=1S/C28H29F3N4O4/c29-28(30,31)22-4-2-1-3-20(22)24-21(25(39-34-24)17-5-6-17)16-37-19-13-27(38-15-19)9-11-35(12-10-27)23-8-7-18(14-33-23)26(32)36/h1-4,7-8,14,17,19H,5-6,9-13,15-16H2,(H2,32,36). The fourth-order valence-corrected chi connectivity index (χ4v) is 5.60.